The van der Waals surface area contributed by atoms with Crippen molar-refractivity contribution in [3.8, 4) is 5.88 Å². The van der Waals surface area contributed by atoms with Crippen molar-refractivity contribution in [1.29, 1.82) is 0 Å². The number of aromatic nitrogens is 2. The molecule has 172 valence electrons. The van der Waals surface area contributed by atoms with Crippen molar-refractivity contribution in [1.82, 2.24) is 18.9 Å². The third-order valence-electron chi connectivity index (χ3n) is 6.21. The molecule has 8 heteroatoms. The number of aromatic hydroxyl groups is 1. The lowest BCUT2D eigenvalue weighted by Gasteiger charge is -2.27. The van der Waals surface area contributed by atoms with Crippen molar-refractivity contribution in [3.05, 3.63) is 16.2 Å². The van der Waals surface area contributed by atoms with Crippen LogP contribution >= 0.6 is 0 Å². The lowest BCUT2D eigenvalue weighted by Crippen LogP contribution is -2.42. The van der Waals surface area contributed by atoms with E-state index in [-0.39, 0.29) is 11.6 Å². The van der Waals surface area contributed by atoms with E-state index in [4.69, 9.17) is 9.47 Å². The molecule has 0 spiro atoms. The van der Waals surface area contributed by atoms with Crippen LogP contribution in [0.4, 0.5) is 0 Å². The number of hydrogen-bond acceptors (Lipinski definition) is 6. The molecular weight excluding hydrogens is 384 g/mol. The van der Waals surface area contributed by atoms with E-state index < -0.39 is 0 Å². The van der Waals surface area contributed by atoms with Crippen LogP contribution in [0.5, 0.6) is 5.88 Å². The average molecular weight is 425 g/mol. The van der Waals surface area contributed by atoms with E-state index in [1.165, 1.54) is 32.1 Å². The molecule has 0 aliphatic carbocycles. The highest BCUT2D eigenvalue weighted by Crippen LogP contribution is 2.21. The van der Waals surface area contributed by atoms with Crippen molar-refractivity contribution in [2.24, 2.45) is 0 Å². The standard InChI is InChI=1S/C22H40N4O4/c1-2-3-4-5-6-7-8-9-20-21(27)26(19-24-12-16-30-17-13-24)22(28)25(20)18-23-10-14-29-15-11-23/h27H,2-19H2,1H3. The molecule has 2 aliphatic heterocycles. The van der Waals surface area contributed by atoms with Crippen molar-refractivity contribution in [2.75, 3.05) is 52.6 Å². The van der Waals surface area contributed by atoms with Gasteiger partial charge in [-0.3, -0.25) is 14.4 Å². The Labute approximate surface area is 180 Å². The molecule has 0 amide bonds. The van der Waals surface area contributed by atoms with Crippen molar-refractivity contribution in [2.45, 2.75) is 71.6 Å². The van der Waals surface area contributed by atoms with Crippen molar-refractivity contribution in [3.63, 3.8) is 0 Å². The first-order valence-corrected chi connectivity index (χ1v) is 11.8. The number of hydrogen-bond donors (Lipinski definition) is 1. The Morgan fingerprint density at radius 1 is 0.767 bits per heavy atom. The van der Waals surface area contributed by atoms with Crippen LogP contribution in [0.15, 0.2) is 4.79 Å². The third-order valence-corrected chi connectivity index (χ3v) is 6.21. The molecule has 2 fully saturated rings. The molecule has 0 saturated carbocycles. The fraction of sp³-hybridized carbons (Fsp3) is 0.864. The summed E-state index contributed by atoms with van der Waals surface area (Å²) in [7, 11) is 0. The van der Waals surface area contributed by atoms with Gasteiger partial charge in [-0.15, -0.1) is 0 Å². The largest absolute Gasteiger partial charge is 0.493 e. The molecule has 0 bridgehead atoms. The van der Waals surface area contributed by atoms with Crippen LogP contribution < -0.4 is 5.69 Å². The number of morpholine rings is 2. The van der Waals surface area contributed by atoms with Gasteiger partial charge in [-0.2, -0.15) is 0 Å². The zero-order valence-corrected chi connectivity index (χ0v) is 18.7. The summed E-state index contributed by atoms with van der Waals surface area (Å²) in [5.41, 5.74) is 0.678. The van der Waals surface area contributed by atoms with Crippen LogP contribution in [0.1, 0.15) is 57.6 Å². The van der Waals surface area contributed by atoms with Gasteiger partial charge in [0.2, 0.25) is 5.88 Å². The number of rotatable bonds is 12. The zero-order chi connectivity index (χ0) is 21.2. The summed E-state index contributed by atoms with van der Waals surface area (Å²) < 4.78 is 14.2. The fourth-order valence-electron chi connectivity index (χ4n) is 4.28. The first kappa shape index (κ1) is 23.3. The Hall–Kier alpha value is -1.35. The summed E-state index contributed by atoms with van der Waals surface area (Å²) in [6.07, 6.45) is 9.27. The molecule has 1 aromatic heterocycles. The summed E-state index contributed by atoms with van der Waals surface area (Å²) >= 11 is 0. The molecule has 0 aromatic carbocycles. The second-order valence-electron chi connectivity index (χ2n) is 8.52. The van der Waals surface area contributed by atoms with E-state index >= 15 is 0 Å². The van der Waals surface area contributed by atoms with Crippen molar-refractivity contribution >= 4 is 0 Å². The normalized spacial score (nSPS) is 18.8. The summed E-state index contributed by atoms with van der Waals surface area (Å²) in [4.78, 5) is 17.6. The Kier molecular flexibility index (Phi) is 9.71. The molecule has 1 N–H and O–H groups in total. The van der Waals surface area contributed by atoms with Gasteiger partial charge in [0.25, 0.3) is 0 Å². The van der Waals surface area contributed by atoms with E-state index in [1.54, 1.807) is 9.13 Å². The highest BCUT2D eigenvalue weighted by atomic mass is 16.5. The van der Waals surface area contributed by atoms with Gasteiger partial charge in [-0.25, -0.2) is 9.36 Å². The average Bonchev–Trinajstić information content (AvgIpc) is 2.99. The molecule has 0 radical (unpaired) electrons. The molecule has 2 saturated heterocycles. The second-order valence-corrected chi connectivity index (χ2v) is 8.52. The minimum Gasteiger partial charge on any atom is -0.493 e. The molecule has 3 rings (SSSR count). The van der Waals surface area contributed by atoms with Gasteiger partial charge in [0.1, 0.15) is 0 Å². The Morgan fingerprint density at radius 3 is 1.83 bits per heavy atom. The molecule has 0 unspecified atom stereocenters. The SMILES string of the molecule is CCCCCCCCCc1c(O)n(CN2CCOCC2)c(=O)n1CN1CCOCC1. The van der Waals surface area contributed by atoms with Crippen LogP contribution in [0.25, 0.3) is 0 Å². The second kappa shape index (κ2) is 12.5. The minimum absolute atomic E-state index is 0.108. The molecule has 3 heterocycles. The number of unbranched alkanes of at least 4 members (excludes halogenated alkanes) is 6. The summed E-state index contributed by atoms with van der Waals surface area (Å²) in [6.45, 7) is 9.14. The molecule has 8 nitrogen and oxygen atoms in total. The smallest absolute Gasteiger partial charge is 0.333 e. The number of nitrogens with zero attached hydrogens (tertiary/aromatic N) is 4. The monoisotopic (exact) mass is 424 g/mol. The first-order chi connectivity index (χ1) is 14.7. The van der Waals surface area contributed by atoms with Gasteiger partial charge in [0, 0.05) is 26.2 Å². The predicted octanol–water partition coefficient (Wildman–Crippen LogP) is 2.23. The van der Waals surface area contributed by atoms with Crippen LogP contribution in [0.3, 0.4) is 0 Å². The maximum Gasteiger partial charge on any atom is 0.333 e. The highest BCUT2D eigenvalue weighted by molar-refractivity contribution is 5.21. The highest BCUT2D eigenvalue weighted by Gasteiger charge is 2.23. The van der Waals surface area contributed by atoms with Crippen LogP contribution in [0.2, 0.25) is 0 Å². The molecular formula is C22H40N4O4. The van der Waals surface area contributed by atoms with E-state index in [0.29, 0.717) is 39.8 Å². The van der Waals surface area contributed by atoms with Crippen molar-refractivity contribution < 1.29 is 14.6 Å². The van der Waals surface area contributed by atoms with E-state index in [1.807, 2.05) is 0 Å². The number of imidazole rings is 1. The van der Waals surface area contributed by atoms with Crippen LogP contribution in [0, 0.1) is 0 Å². The van der Waals surface area contributed by atoms with E-state index in [0.717, 1.165) is 51.1 Å². The van der Waals surface area contributed by atoms with Crippen LogP contribution in [-0.4, -0.2) is 76.6 Å². The van der Waals surface area contributed by atoms with Gasteiger partial charge in [-0.05, 0) is 12.8 Å². The minimum atomic E-state index is -0.108. The maximum atomic E-state index is 13.2. The Bertz CT molecular complexity index is 675. The predicted molar refractivity (Wildman–Crippen MR) is 117 cm³/mol. The Balaban J connectivity index is 1.67. The molecule has 1 aromatic rings. The van der Waals surface area contributed by atoms with Gasteiger partial charge < -0.3 is 14.6 Å². The topological polar surface area (TPSA) is 72.1 Å². The lowest BCUT2D eigenvalue weighted by molar-refractivity contribution is 0.0192. The van der Waals surface area contributed by atoms with Gasteiger partial charge in [0.15, 0.2) is 0 Å². The molecule has 30 heavy (non-hydrogen) atoms. The fourth-order valence-corrected chi connectivity index (χ4v) is 4.28. The van der Waals surface area contributed by atoms with Gasteiger partial charge >= 0.3 is 5.69 Å². The first-order valence-electron chi connectivity index (χ1n) is 11.8. The lowest BCUT2D eigenvalue weighted by atomic mass is 10.1. The van der Waals surface area contributed by atoms with Gasteiger partial charge in [0.05, 0.1) is 45.5 Å². The Morgan fingerprint density at radius 2 is 1.27 bits per heavy atom. The van der Waals surface area contributed by atoms with E-state index in [9.17, 15) is 9.90 Å². The summed E-state index contributed by atoms with van der Waals surface area (Å²) in [5, 5.41) is 11.0. The quantitative estimate of drug-likeness (QED) is 0.519. The van der Waals surface area contributed by atoms with Gasteiger partial charge in [-0.1, -0.05) is 45.4 Å². The molecule has 0 atom stereocenters. The molecule has 2 aliphatic rings. The zero-order valence-electron chi connectivity index (χ0n) is 18.7. The summed E-state index contributed by atoms with van der Waals surface area (Å²) in [5.74, 6) is 0.144. The van der Waals surface area contributed by atoms with Crippen LogP contribution in [-0.2, 0) is 29.2 Å². The third kappa shape index (κ3) is 6.57. The summed E-state index contributed by atoms with van der Waals surface area (Å²) in [6, 6.07) is 0. The van der Waals surface area contributed by atoms with E-state index in [2.05, 4.69) is 16.7 Å². The maximum absolute atomic E-state index is 13.2. The number of ether oxygens (including phenoxy) is 2.